The molecule has 7 heteroatoms. The molecule has 3 rings (SSSR count). The quantitative estimate of drug-likeness (QED) is 0.603. The van der Waals surface area contributed by atoms with Gasteiger partial charge in [0.05, 0.1) is 12.3 Å². The van der Waals surface area contributed by atoms with Crippen LogP contribution in [0.25, 0.3) is 0 Å². The normalized spacial score (nSPS) is 10.4. The Balaban J connectivity index is 1.85. The Bertz CT molecular complexity index is 1010. The molecule has 144 valence electrons. The number of carbonyl (C=O) groups is 1. The molecule has 0 spiro atoms. The van der Waals surface area contributed by atoms with Crippen molar-refractivity contribution in [3.63, 3.8) is 0 Å². The highest BCUT2D eigenvalue weighted by Crippen LogP contribution is 2.27. The van der Waals surface area contributed by atoms with Crippen molar-refractivity contribution in [2.24, 2.45) is 0 Å². The third-order valence-corrected chi connectivity index (χ3v) is 4.45. The molecule has 0 radical (unpaired) electrons. The first kappa shape index (κ1) is 19.6. The van der Waals surface area contributed by atoms with Gasteiger partial charge in [-0.3, -0.25) is 4.79 Å². The van der Waals surface area contributed by atoms with Crippen LogP contribution in [-0.4, -0.2) is 22.5 Å². The molecule has 0 atom stereocenters. The van der Waals surface area contributed by atoms with Gasteiger partial charge in [0.25, 0.3) is 5.91 Å². The molecule has 0 saturated heterocycles. The summed E-state index contributed by atoms with van der Waals surface area (Å²) in [7, 11) is 0. The van der Waals surface area contributed by atoms with Crippen molar-refractivity contribution in [1.29, 1.82) is 0 Å². The van der Waals surface area contributed by atoms with E-state index in [-0.39, 0.29) is 11.6 Å². The van der Waals surface area contributed by atoms with Crippen molar-refractivity contribution in [3.8, 4) is 5.75 Å². The van der Waals surface area contributed by atoms with E-state index in [1.165, 1.54) is 0 Å². The first-order chi connectivity index (χ1) is 13.5. The van der Waals surface area contributed by atoms with Gasteiger partial charge in [0, 0.05) is 16.8 Å². The number of hydrogen-bond acceptors (Lipinski definition) is 5. The fourth-order valence-electron chi connectivity index (χ4n) is 2.67. The van der Waals surface area contributed by atoms with Crippen LogP contribution < -0.4 is 15.4 Å². The standard InChI is InChI=1S/C21H21ClN4O2/c1-4-28-19-11-6-5-9-17(19)25-20-12-18(23-14(3)24-20)21(27)26-16-10-7-8-15(22)13(16)2/h5-12H,4H2,1-3H3,(H,26,27)(H,23,24,25). The van der Waals surface area contributed by atoms with Gasteiger partial charge in [-0.25, -0.2) is 9.97 Å². The molecule has 28 heavy (non-hydrogen) atoms. The first-order valence-corrected chi connectivity index (χ1v) is 9.26. The van der Waals surface area contributed by atoms with Crippen LogP contribution in [0.4, 0.5) is 17.2 Å². The molecule has 0 unspecified atom stereocenters. The maximum Gasteiger partial charge on any atom is 0.274 e. The summed E-state index contributed by atoms with van der Waals surface area (Å²) in [6, 6.07) is 14.5. The maximum absolute atomic E-state index is 12.7. The van der Waals surface area contributed by atoms with Gasteiger partial charge in [0.1, 0.15) is 23.1 Å². The molecule has 1 aromatic heterocycles. The predicted molar refractivity (Wildman–Crippen MR) is 112 cm³/mol. The summed E-state index contributed by atoms with van der Waals surface area (Å²) in [5.74, 6) is 1.36. The van der Waals surface area contributed by atoms with Crippen molar-refractivity contribution in [2.75, 3.05) is 17.2 Å². The van der Waals surface area contributed by atoms with Crippen molar-refractivity contribution < 1.29 is 9.53 Å². The highest BCUT2D eigenvalue weighted by atomic mass is 35.5. The number of aryl methyl sites for hydroxylation is 1. The molecule has 6 nitrogen and oxygen atoms in total. The third kappa shape index (κ3) is 4.58. The SMILES string of the molecule is CCOc1ccccc1Nc1cc(C(=O)Nc2cccc(Cl)c2C)nc(C)n1. The minimum absolute atomic E-state index is 0.253. The van der Waals surface area contributed by atoms with Gasteiger partial charge in [-0.05, 0) is 50.6 Å². The molecule has 0 fully saturated rings. The Morgan fingerprint density at radius 2 is 1.82 bits per heavy atom. The Labute approximate surface area is 168 Å². The van der Waals surface area contributed by atoms with Gasteiger partial charge in [-0.1, -0.05) is 29.8 Å². The van der Waals surface area contributed by atoms with Gasteiger partial charge >= 0.3 is 0 Å². The van der Waals surface area contributed by atoms with E-state index in [9.17, 15) is 4.79 Å². The lowest BCUT2D eigenvalue weighted by atomic mass is 10.2. The number of rotatable bonds is 6. The van der Waals surface area contributed by atoms with E-state index in [1.54, 1.807) is 31.2 Å². The van der Waals surface area contributed by atoms with Crippen LogP contribution in [0.3, 0.4) is 0 Å². The number of benzene rings is 2. The summed E-state index contributed by atoms with van der Waals surface area (Å²) in [6.45, 7) is 6.06. The second kappa shape index (κ2) is 8.71. The van der Waals surface area contributed by atoms with Crippen LogP contribution in [0.1, 0.15) is 28.8 Å². The molecule has 0 bridgehead atoms. The zero-order chi connectivity index (χ0) is 20.1. The summed E-state index contributed by atoms with van der Waals surface area (Å²) < 4.78 is 5.62. The van der Waals surface area contributed by atoms with Crippen LogP contribution in [0, 0.1) is 13.8 Å². The summed E-state index contributed by atoms with van der Waals surface area (Å²) in [4.78, 5) is 21.3. The number of halogens is 1. The Morgan fingerprint density at radius 1 is 1.07 bits per heavy atom. The van der Waals surface area contributed by atoms with Gasteiger partial charge in [0.2, 0.25) is 0 Å². The average molecular weight is 397 g/mol. The minimum atomic E-state index is -0.336. The lowest BCUT2D eigenvalue weighted by Crippen LogP contribution is -2.16. The van der Waals surface area contributed by atoms with Gasteiger partial charge in [-0.2, -0.15) is 0 Å². The second-order valence-corrected chi connectivity index (χ2v) is 6.51. The monoisotopic (exact) mass is 396 g/mol. The van der Waals surface area contributed by atoms with Gasteiger partial charge in [-0.15, -0.1) is 0 Å². The highest BCUT2D eigenvalue weighted by Gasteiger charge is 2.14. The summed E-state index contributed by atoms with van der Waals surface area (Å²) >= 11 is 6.13. The van der Waals surface area contributed by atoms with Crippen LogP contribution in [0.5, 0.6) is 5.75 Å². The van der Waals surface area contributed by atoms with Crippen molar-refractivity contribution >= 4 is 34.7 Å². The smallest absolute Gasteiger partial charge is 0.274 e. The molecule has 1 heterocycles. The van der Waals surface area contributed by atoms with Gasteiger partial charge in [0.15, 0.2) is 0 Å². The summed E-state index contributed by atoms with van der Waals surface area (Å²) in [5.41, 5.74) is 2.46. The zero-order valence-corrected chi connectivity index (χ0v) is 16.7. The number of amides is 1. The molecule has 1 amide bonds. The van der Waals surface area contributed by atoms with Crippen LogP contribution >= 0.6 is 11.6 Å². The van der Waals surface area contributed by atoms with Crippen LogP contribution in [0.2, 0.25) is 5.02 Å². The summed E-state index contributed by atoms with van der Waals surface area (Å²) in [5, 5.41) is 6.64. The number of aromatic nitrogens is 2. The average Bonchev–Trinajstić information content (AvgIpc) is 2.67. The molecule has 3 aromatic rings. The number of anilines is 3. The van der Waals surface area contributed by atoms with E-state index < -0.39 is 0 Å². The molecular formula is C21H21ClN4O2. The van der Waals surface area contributed by atoms with Crippen molar-refractivity contribution in [2.45, 2.75) is 20.8 Å². The van der Waals surface area contributed by atoms with Crippen molar-refractivity contribution in [1.82, 2.24) is 9.97 Å². The lowest BCUT2D eigenvalue weighted by molar-refractivity contribution is 0.102. The van der Waals surface area contributed by atoms with Crippen LogP contribution in [0.15, 0.2) is 48.5 Å². The van der Waals surface area contributed by atoms with E-state index in [0.717, 1.165) is 11.3 Å². The number of para-hydroxylation sites is 2. The van der Waals surface area contributed by atoms with E-state index in [2.05, 4.69) is 20.6 Å². The van der Waals surface area contributed by atoms with E-state index in [1.807, 2.05) is 38.1 Å². The molecule has 0 aliphatic heterocycles. The number of hydrogen-bond donors (Lipinski definition) is 2. The van der Waals surface area contributed by atoms with E-state index in [0.29, 0.717) is 34.7 Å². The third-order valence-electron chi connectivity index (χ3n) is 4.04. The first-order valence-electron chi connectivity index (χ1n) is 8.89. The number of nitrogens with one attached hydrogen (secondary N) is 2. The van der Waals surface area contributed by atoms with Gasteiger partial charge < -0.3 is 15.4 Å². The summed E-state index contributed by atoms with van der Waals surface area (Å²) in [6.07, 6.45) is 0. The van der Waals surface area contributed by atoms with E-state index >= 15 is 0 Å². The Hall–Kier alpha value is -3.12. The van der Waals surface area contributed by atoms with Crippen molar-refractivity contribution in [3.05, 3.63) is 70.6 Å². The largest absolute Gasteiger partial charge is 0.492 e. The number of carbonyl (C=O) groups excluding carboxylic acids is 1. The molecule has 2 aromatic carbocycles. The maximum atomic E-state index is 12.7. The minimum Gasteiger partial charge on any atom is -0.492 e. The fourth-order valence-corrected chi connectivity index (χ4v) is 2.84. The zero-order valence-electron chi connectivity index (χ0n) is 15.9. The number of ether oxygens (including phenoxy) is 1. The highest BCUT2D eigenvalue weighted by molar-refractivity contribution is 6.31. The number of nitrogens with zero attached hydrogens (tertiary/aromatic N) is 2. The Kier molecular flexibility index (Phi) is 6.11. The second-order valence-electron chi connectivity index (χ2n) is 6.11. The molecule has 0 aliphatic carbocycles. The van der Waals surface area contributed by atoms with Crippen LogP contribution in [-0.2, 0) is 0 Å². The molecule has 2 N–H and O–H groups in total. The Morgan fingerprint density at radius 3 is 2.61 bits per heavy atom. The topological polar surface area (TPSA) is 76.1 Å². The molecule has 0 saturated carbocycles. The predicted octanol–water partition coefficient (Wildman–Crippen LogP) is 5.14. The van der Waals surface area contributed by atoms with E-state index in [4.69, 9.17) is 16.3 Å². The molecular weight excluding hydrogens is 376 g/mol. The lowest BCUT2D eigenvalue weighted by Gasteiger charge is -2.13. The fraction of sp³-hybridized carbons (Fsp3) is 0.190. The molecule has 0 aliphatic rings.